The van der Waals surface area contributed by atoms with E-state index < -0.39 is 0 Å². The van der Waals surface area contributed by atoms with Crippen molar-refractivity contribution in [1.29, 1.82) is 0 Å². The predicted molar refractivity (Wildman–Crippen MR) is 59.8 cm³/mol. The minimum absolute atomic E-state index is 0.292. The van der Waals surface area contributed by atoms with Gasteiger partial charge in [0.2, 0.25) is 6.79 Å². The summed E-state index contributed by atoms with van der Waals surface area (Å²) in [4.78, 5) is 0. The molecule has 3 heteroatoms. The van der Waals surface area contributed by atoms with Crippen molar-refractivity contribution in [2.24, 2.45) is 0 Å². The van der Waals surface area contributed by atoms with Crippen LogP contribution in [0.2, 0.25) is 0 Å². The monoisotopic (exact) mass is 212 g/mol. The summed E-state index contributed by atoms with van der Waals surface area (Å²) >= 11 is 0. The molecule has 4 rings (SSSR count). The molecular weight excluding hydrogens is 204 g/mol. The maximum atomic E-state index is 5.74. The molecule has 0 radical (unpaired) electrons. The Balaban J connectivity index is 2.19. The maximum absolute atomic E-state index is 5.74. The summed E-state index contributed by atoms with van der Waals surface area (Å²) < 4.78 is 16.4. The van der Waals surface area contributed by atoms with E-state index in [0.717, 1.165) is 33.4 Å². The SMILES string of the molecule is c1ccc2c(c1)oc1cc3c(cc12)OCO3. The van der Waals surface area contributed by atoms with Crippen molar-refractivity contribution in [3.63, 3.8) is 0 Å². The van der Waals surface area contributed by atoms with E-state index in [4.69, 9.17) is 13.9 Å². The molecule has 16 heavy (non-hydrogen) atoms. The summed E-state index contributed by atoms with van der Waals surface area (Å²) in [5.74, 6) is 1.55. The Bertz CT molecular complexity index is 697. The molecule has 0 bridgehead atoms. The second-order valence-electron chi connectivity index (χ2n) is 3.80. The third-order valence-corrected chi connectivity index (χ3v) is 2.87. The van der Waals surface area contributed by atoms with Crippen LogP contribution >= 0.6 is 0 Å². The minimum Gasteiger partial charge on any atom is -0.456 e. The largest absolute Gasteiger partial charge is 0.456 e. The van der Waals surface area contributed by atoms with Gasteiger partial charge in [0.25, 0.3) is 0 Å². The van der Waals surface area contributed by atoms with E-state index in [1.165, 1.54) is 0 Å². The average Bonchev–Trinajstić information content (AvgIpc) is 2.88. The van der Waals surface area contributed by atoms with Crippen LogP contribution in [0, 0.1) is 0 Å². The molecule has 2 aromatic carbocycles. The zero-order chi connectivity index (χ0) is 10.5. The topological polar surface area (TPSA) is 31.6 Å². The van der Waals surface area contributed by atoms with E-state index in [-0.39, 0.29) is 0 Å². The van der Waals surface area contributed by atoms with Gasteiger partial charge in [-0.1, -0.05) is 18.2 Å². The Morgan fingerprint density at radius 2 is 1.62 bits per heavy atom. The van der Waals surface area contributed by atoms with E-state index in [2.05, 4.69) is 0 Å². The molecule has 0 N–H and O–H groups in total. The summed E-state index contributed by atoms with van der Waals surface area (Å²) in [7, 11) is 0. The summed E-state index contributed by atoms with van der Waals surface area (Å²) in [6.07, 6.45) is 0. The Morgan fingerprint density at radius 3 is 2.56 bits per heavy atom. The molecule has 0 spiro atoms. The molecule has 0 fully saturated rings. The number of hydrogen-bond donors (Lipinski definition) is 0. The summed E-state index contributed by atoms with van der Waals surface area (Å²) in [5, 5.41) is 2.18. The smallest absolute Gasteiger partial charge is 0.231 e. The lowest BCUT2D eigenvalue weighted by Gasteiger charge is -1.94. The van der Waals surface area contributed by atoms with Crippen LogP contribution in [-0.2, 0) is 0 Å². The fourth-order valence-corrected chi connectivity index (χ4v) is 2.11. The first-order chi connectivity index (χ1) is 7.92. The Kier molecular flexibility index (Phi) is 1.36. The Labute approximate surface area is 91.2 Å². The molecule has 0 saturated heterocycles. The molecule has 2 heterocycles. The molecule has 1 aliphatic heterocycles. The van der Waals surface area contributed by atoms with E-state index in [1.807, 2.05) is 36.4 Å². The molecule has 78 valence electrons. The molecule has 3 nitrogen and oxygen atoms in total. The van der Waals surface area contributed by atoms with E-state index >= 15 is 0 Å². The molecular formula is C13H8O3. The van der Waals surface area contributed by atoms with Crippen molar-refractivity contribution in [3.8, 4) is 11.5 Å². The van der Waals surface area contributed by atoms with Crippen molar-refractivity contribution in [1.82, 2.24) is 0 Å². The lowest BCUT2D eigenvalue weighted by atomic mass is 10.1. The van der Waals surface area contributed by atoms with E-state index in [9.17, 15) is 0 Å². The van der Waals surface area contributed by atoms with Crippen LogP contribution in [0.15, 0.2) is 40.8 Å². The van der Waals surface area contributed by atoms with Crippen LogP contribution in [-0.4, -0.2) is 6.79 Å². The van der Waals surface area contributed by atoms with Crippen molar-refractivity contribution >= 4 is 21.9 Å². The zero-order valence-corrected chi connectivity index (χ0v) is 8.40. The third-order valence-electron chi connectivity index (χ3n) is 2.87. The highest BCUT2D eigenvalue weighted by atomic mass is 16.7. The van der Waals surface area contributed by atoms with Gasteiger partial charge in [-0.25, -0.2) is 0 Å². The Morgan fingerprint density at radius 1 is 0.812 bits per heavy atom. The number of para-hydroxylation sites is 1. The number of hydrogen-bond acceptors (Lipinski definition) is 3. The summed E-state index contributed by atoms with van der Waals surface area (Å²) in [6.45, 7) is 0.292. The molecule has 1 aromatic heterocycles. The van der Waals surface area contributed by atoms with E-state index in [1.54, 1.807) is 0 Å². The zero-order valence-electron chi connectivity index (χ0n) is 8.40. The average molecular weight is 212 g/mol. The molecule has 1 aliphatic rings. The standard InChI is InChI=1S/C13H8O3/c1-2-4-10-8(3-1)9-5-12-13(15-7-14-12)6-11(9)16-10/h1-6H,7H2. The van der Waals surface area contributed by atoms with Gasteiger partial charge >= 0.3 is 0 Å². The highest BCUT2D eigenvalue weighted by Gasteiger charge is 2.17. The van der Waals surface area contributed by atoms with Crippen molar-refractivity contribution < 1.29 is 13.9 Å². The molecule has 0 atom stereocenters. The number of fused-ring (bicyclic) bond motifs is 4. The fraction of sp³-hybridized carbons (Fsp3) is 0.0769. The number of ether oxygens (including phenoxy) is 2. The van der Waals surface area contributed by atoms with Gasteiger partial charge in [0.15, 0.2) is 11.5 Å². The van der Waals surface area contributed by atoms with Crippen LogP contribution in [0.25, 0.3) is 21.9 Å². The predicted octanol–water partition coefficient (Wildman–Crippen LogP) is 3.31. The molecule has 0 unspecified atom stereocenters. The van der Waals surface area contributed by atoms with Crippen LogP contribution in [0.3, 0.4) is 0 Å². The molecule has 3 aromatic rings. The molecule has 0 aliphatic carbocycles. The first-order valence-electron chi connectivity index (χ1n) is 5.13. The third kappa shape index (κ3) is 0.922. The lowest BCUT2D eigenvalue weighted by molar-refractivity contribution is 0.174. The number of furan rings is 1. The van der Waals surface area contributed by atoms with Crippen molar-refractivity contribution in [3.05, 3.63) is 36.4 Å². The molecule has 0 saturated carbocycles. The van der Waals surface area contributed by atoms with Crippen LogP contribution in [0.5, 0.6) is 11.5 Å². The maximum Gasteiger partial charge on any atom is 0.231 e. The van der Waals surface area contributed by atoms with Gasteiger partial charge in [0.1, 0.15) is 11.2 Å². The van der Waals surface area contributed by atoms with Crippen molar-refractivity contribution in [2.45, 2.75) is 0 Å². The van der Waals surface area contributed by atoms with Crippen molar-refractivity contribution in [2.75, 3.05) is 6.79 Å². The first kappa shape index (κ1) is 8.05. The highest BCUT2D eigenvalue weighted by Crippen LogP contribution is 2.39. The first-order valence-corrected chi connectivity index (χ1v) is 5.13. The van der Waals surface area contributed by atoms with Crippen LogP contribution < -0.4 is 9.47 Å². The number of benzene rings is 2. The van der Waals surface area contributed by atoms with Gasteiger partial charge < -0.3 is 13.9 Å². The lowest BCUT2D eigenvalue weighted by Crippen LogP contribution is -1.92. The number of rotatable bonds is 0. The molecule has 0 amide bonds. The van der Waals surface area contributed by atoms with Gasteiger partial charge in [-0.15, -0.1) is 0 Å². The summed E-state index contributed by atoms with van der Waals surface area (Å²) in [6, 6.07) is 11.8. The quantitative estimate of drug-likeness (QED) is 0.572. The normalized spacial score (nSPS) is 13.8. The van der Waals surface area contributed by atoms with E-state index in [0.29, 0.717) is 6.79 Å². The van der Waals surface area contributed by atoms with Gasteiger partial charge in [-0.05, 0) is 12.1 Å². The Hall–Kier alpha value is -2.16. The van der Waals surface area contributed by atoms with Gasteiger partial charge in [0.05, 0.1) is 0 Å². The van der Waals surface area contributed by atoms with Crippen LogP contribution in [0.4, 0.5) is 0 Å². The van der Waals surface area contributed by atoms with Gasteiger partial charge in [0, 0.05) is 16.8 Å². The summed E-state index contributed by atoms with van der Waals surface area (Å²) in [5.41, 5.74) is 1.73. The fourth-order valence-electron chi connectivity index (χ4n) is 2.11. The second kappa shape index (κ2) is 2.70. The van der Waals surface area contributed by atoms with Gasteiger partial charge in [-0.2, -0.15) is 0 Å². The van der Waals surface area contributed by atoms with Crippen LogP contribution in [0.1, 0.15) is 0 Å². The second-order valence-corrected chi connectivity index (χ2v) is 3.80. The minimum atomic E-state index is 0.292. The van der Waals surface area contributed by atoms with Gasteiger partial charge in [-0.3, -0.25) is 0 Å². The highest BCUT2D eigenvalue weighted by molar-refractivity contribution is 6.05.